The highest BCUT2D eigenvalue weighted by molar-refractivity contribution is 5.07. The minimum absolute atomic E-state index is 1.18. The molecule has 1 aliphatic carbocycles. The molecule has 1 N–H and O–H groups in total. The zero-order chi connectivity index (χ0) is 9.64. The second-order valence-corrected chi connectivity index (χ2v) is 4.45. The van der Waals surface area contributed by atoms with Crippen LogP contribution in [0.2, 0.25) is 0 Å². The minimum atomic E-state index is 1.18. The van der Waals surface area contributed by atoms with Crippen LogP contribution in [0.15, 0.2) is 11.6 Å². The summed E-state index contributed by atoms with van der Waals surface area (Å²) in [4.78, 5) is 2.61. The summed E-state index contributed by atoms with van der Waals surface area (Å²) in [5.41, 5.74) is 1.71. The molecule has 2 rings (SSSR count). The molecule has 0 radical (unpaired) electrons. The molecule has 1 heterocycles. The van der Waals surface area contributed by atoms with Crippen LogP contribution in [0.25, 0.3) is 0 Å². The molecule has 2 nitrogen and oxygen atoms in total. The number of rotatable bonds is 3. The van der Waals surface area contributed by atoms with Crippen LogP contribution in [0.3, 0.4) is 0 Å². The van der Waals surface area contributed by atoms with Gasteiger partial charge in [-0.1, -0.05) is 11.6 Å². The first kappa shape index (κ1) is 10.2. The Hall–Kier alpha value is -0.340. The summed E-state index contributed by atoms with van der Waals surface area (Å²) < 4.78 is 0. The largest absolute Gasteiger partial charge is 0.315 e. The summed E-state index contributed by atoms with van der Waals surface area (Å²) in [7, 11) is 0. The van der Waals surface area contributed by atoms with Crippen molar-refractivity contribution in [3.63, 3.8) is 0 Å². The van der Waals surface area contributed by atoms with Gasteiger partial charge in [0.05, 0.1) is 0 Å². The molecule has 0 saturated carbocycles. The Balaban J connectivity index is 1.68. The molecule has 1 saturated heterocycles. The van der Waals surface area contributed by atoms with Crippen LogP contribution in [-0.4, -0.2) is 37.6 Å². The zero-order valence-corrected chi connectivity index (χ0v) is 9.10. The van der Waals surface area contributed by atoms with E-state index in [1.807, 2.05) is 0 Å². The summed E-state index contributed by atoms with van der Waals surface area (Å²) in [5, 5.41) is 3.45. The van der Waals surface area contributed by atoms with E-state index in [0.717, 1.165) is 0 Å². The van der Waals surface area contributed by atoms with Gasteiger partial charge >= 0.3 is 0 Å². The highest BCUT2D eigenvalue weighted by Crippen LogP contribution is 2.20. The molecule has 1 fully saturated rings. The molecule has 0 atom stereocenters. The molecule has 0 unspecified atom stereocenters. The quantitative estimate of drug-likeness (QED) is 0.689. The lowest BCUT2D eigenvalue weighted by Crippen LogP contribution is -2.29. The Labute approximate surface area is 87.4 Å². The lowest BCUT2D eigenvalue weighted by molar-refractivity contribution is 0.295. The Morgan fingerprint density at radius 2 is 2.21 bits per heavy atom. The van der Waals surface area contributed by atoms with Gasteiger partial charge < -0.3 is 10.2 Å². The molecule has 14 heavy (non-hydrogen) atoms. The van der Waals surface area contributed by atoms with Crippen LogP contribution >= 0.6 is 0 Å². The Bertz CT molecular complexity index is 190. The third-order valence-electron chi connectivity index (χ3n) is 3.32. The molecule has 0 spiro atoms. The number of nitrogens with one attached hydrogen (secondary N) is 1. The van der Waals surface area contributed by atoms with Crippen molar-refractivity contribution < 1.29 is 0 Å². The summed E-state index contributed by atoms with van der Waals surface area (Å²) in [6.45, 7) is 6.21. The molecular weight excluding hydrogens is 172 g/mol. The van der Waals surface area contributed by atoms with Gasteiger partial charge in [0.2, 0.25) is 0 Å². The van der Waals surface area contributed by atoms with Gasteiger partial charge in [0.15, 0.2) is 0 Å². The molecular formula is C12H22N2. The molecule has 2 heteroatoms. The average molecular weight is 194 g/mol. The van der Waals surface area contributed by atoms with Crippen LogP contribution in [0, 0.1) is 0 Å². The van der Waals surface area contributed by atoms with E-state index in [1.165, 1.54) is 64.8 Å². The maximum absolute atomic E-state index is 3.45. The first-order valence-corrected chi connectivity index (χ1v) is 6.06. The molecule has 0 aromatic carbocycles. The third kappa shape index (κ3) is 3.10. The van der Waals surface area contributed by atoms with Crippen molar-refractivity contribution >= 4 is 0 Å². The first-order chi connectivity index (χ1) is 6.95. The first-order valence-electron chi connectivity index (χ1n) is 6.06. The fourth-order valence-electron chi connectivity index (χ4n) is 2.39. The van der Waals surface area contributed by atoms with E-state index in [0.29, 0.717) is 0 Å². The standard InChI is InChI=1S/C12H22N2/c1-2-5-12(4-1)6-10-14-9-3-7-13-8-11-14/h4,13H,1-3,5-11H2. The van der Waals surface area contributed by atoms with Crippen LogP contribution in [-0.2, 0) is 0 Å². The predicted molar refractivity (Wildman–Crippen MR) is 60.5 cm³/mol. The van der Waals surface area contributed by atoms with E-state index >= 15 is 0 Å². The smallest absolute Gasteiger partial charge is 0.0107 e. The number of hydrogen-bond acceptors (Lipinski definition) is 2. The molecule has 1 aliphatic heterocycles. The predicted octanol–water partition coefficient (Wildman–Crippen LogP) is 1.78. The maximum Gasteiger partial charge on any atom is 0.0107 e. The van der Waals surface area contributed by atoms with Gasteiger partial charge in [0, 0.05) is 19.6 Å². The molecule has 80 valence electrons. The second-order valence-electron chi connectivity index (χ2n) is 4.45. The van der Waals surface area contributed by atoms with Crippen molar-refractivity contribution in [3.05, 3.63) is 11.6 Å². The number of hydrogen-bond donors (Lipinski definition) is 1. The summed E-state index contributed by atoms with van der Waals surface area (Å²) in [5.74, 6) is 0. The van der Waals surface area contributed by atoms with Gasteiger partial charge in [-0.3, -0.25) is 0 Å². The highest BCUT2D eigenvalue weighted by Gasteiger charge is 2.10. The van der Waals surface area contributed by atoms with Crippen molar-refractivity contribution in [2.45, 2.75) is 32.1 Å². The SMILES string of the molecule is C1=C(CCN2CCCNCC2)CCC1. The fourth-order valence-corrected chi connectivity index (χ4v) is 2.39. The van der Waals surface area contributed by atoms with E-state index in [4.69, 9.17) is 0 Å². The molecule has 0 bridgehead atoms. The van der Waals surface area contributed by atoms with Gasteiger partial charge in [-0.25, -0.2) is 0 Å². The third-order valence-corrected chi connectivity index (χ3v) is 3.32. The van der Waals surface area contributed by atoms with E-state index in [9.17, 15) is 0 Å². The zero-order valence-electron chi connectivity index (χ0n) is 9.10. The Morgan fingerprint density at radius 1 is 1.21 bits per heavy atom. The van der Waals surface area contributed by atoms with Gasteiger partial charge in [-0.2, -0.15) is 0 Å². The van der Waals surface area contributed by atoms with Crippen molar-refractivity contribution in [2.75, 3.05) is 32.7 Å². The average Bonchev–Trinajstić information content (AvgIpc) is 2.58. The lowest BCUT2D eigenvalue weighted by Gasteiger charge is -2.19. The molecule has 0 aromatic rings. The second kappa shape index (κ2) is 5.52. The topological polar surface area (TPSA) is 15.3 Å². The normalized spacial score (nSPS) is 24.7. The van der Waals surface area contributed by atoms with Gasteiger partial charge in [0.1, 0.15) is 0 Å². The number of nitrogens with zero attached hydrogens (tertiary/aromatic N) is 1. The molecule has 2 aliphatic rings. The van der Waals surface area contributed by atoms with Crippen molar-refractivity contribution in [3.8, 4) is 0 Å². The van der Waals surface area contributed by atoms with E-state index in [2.05, 4.69) is 16.3 Å². The van der Waals surface area contributed by atoms with Crippen LogP contribution in [0.1, 0.15) is 32.1 Å². The lowest BCUT2D eigenvalue weighted by atomic mass is 10.1. The van der Waals surface area contributed by atoms with Crippen LogP contribution in [0.5, 0.6) is 0 Å². The van der Waals surface area contributed by atoms with Crippen molar-refractivity contribution in [1.29, 1.82) is 0 Å². The minimum Gasteiger partial charge on any atom is -0.315 e. The van der Waals surface area contributed by atoms with E-state index < -0.39 is 0 Å². The number of allylic oxidation sites excluding steroid dienone is 1. The summed E-state index contributed by atoms with van der Waals surface area (Å²) >= 11 is 0. The Kier molecular flexibility index (Phi) is 4.02. The van der Waals surface area contributed by atoms with Gasteiger partial charge in [-0.05, 0) is 45.2 Å². The van der Waals surface area contributed by atoms with E-state index in [1.54, 1.807) is 5.57 Å². The van der Waals surface area contributed by atoms with E-state index in [-0.39, 0.29) is 0 Å². The van der Waals surface area contributed by atoms with Gasteiger partial charge in [0.25, 0.3) is 0 Å². The van der Waals surface area contributed by atoms with Crippen LogP contribution in [0.4, 0.5) is 0 Å². The van der Waals surface area contributed by atoms with Crippen LogP contribution < -0.4 is 5.32 Å². The molecule has 0 aromatic heterocycles. The summed E-state index contributed by atoms with van der Waals surface area (Å²) in [6, 6.07) is 0. The fraction of sp³-hybridized carbons (Fsp3) is 0.833. The summed E-state index contributed by atoms with van der Waals surface area (Å²) in [6.07, 6.45) is 9.19. The van der Waals surface area contributed by atoms with Crippen molar-refractivity contribution in [1.82, 2.24) is 10.2 Å². The highest BCUT2D eigenvalue weighted by atomic mass is 15.1. The van der Waals surface area contributed by atoms with Crippen molar-refractivity contribution in [2.24, 2.45) is 0 Å². The Morgan fingerprint density at radius 3 is 3.07 bits per heavy atom. The van der Waals surface area contributed by atoms with Gasteiger partial charge in [-0.15, -0.1) is 0 Å². The monoisotopic (exact) mass is 194 g/mol. The maximum atomic E-state index is 3.45. The molecule has 0 amide bonds.